The first kappa shape index (κ1) is 10.1. The maximum Gasteiger partial charge on any atom is 0.126 e. The van der Waals surface area contributed by atoms with E-state index < -0.39 is 0 Å². The first-order chi connectivity index (χ1) is 6.29. The van der Waals surface area contributed by atoms with Crippen molar-refractivity contribution in [2.24, 2.45) is 0 Å². The molecule has 1 aromatic rings. The van der Waals surface area contributed by atoms with Crippen LogP contribution in [0.25, 0.3) is 0 Å². The summed E-state index contributed by atoms with van der Waals surface area (Å²) in [5, 5.41) is 0. The van der Waals surface area contributed by atoms with Gasteiger partial charge in [-0.25, -0.2) is 0 Å². The molecule has 2 heteroatoms. The van der Waals surface area contributed by atoms with Gasteiger partial charge in [0, 0.05) is 12.7 Å². The molecule has 71 valence electrons. The van der Waals surface area contributed by atoms with Crippen LogP contribution in [-0.2, 0) is 4.74 Å². The van der Waals surface area contributed by atoms with Crippen LogP contribution in [0.15, 0.2) is 24.3 Å². The van der Waals surface area contributed by atoms with Gasteiger partial charge >= 0.3 is 0 Å². The summed E-state index contributed by atoms with van der Waals surface area (Å²) in [4.78, 5) is 0. The van der Waals surface area contributed by atoms with Crippen molar-refractivity contribution in [3.63, 3.8) is 0 Å². The van der Waals surface area contributed by atoms with E-state index in [1.165, 1.54) is 0 Å². The SMILES string of the molecule is CCOc1ccccc1[C](C)OC. The van der Waals surface area contributed by atoms with Crippen molar-refractivity contribution in [1.82, 2.24) is 0 Å². The van der Waals surface area contributed by atoms with Crippen molar-refractivity contribution in [2.75, 3.05) is 13.7 Å². The summed E-state index contributed by atoms with van der Waals surface area (Å²) in [5.74, 6) is 0.879. The molecule has 0 N–H and O–H groups in total. The molecule has 0 atom stereocenters. The minimum Gasteiger partial charge on any atom is -0.493 e. The van der Waals surface area contributed by atoms with Crippen LogP contribution in [0.5, 0.6) is 5.75 Å². The van der Waals surface area contributed by atoms with Crippen LogP contribution in [0.4, 0.5) is 0 Å². The highest BCUT2D eigenvalue weighted by Gasteiger charge is 2.10. The van der Waals surface area contributed by atoms with E-state index in [9.17, 15) is 0 Å². The van der Waals surface area contributed by atoms with E-state index in [1.54, 1.807) is 7.11 Å². The molecule has 1 radical (unpaired) electrons. The minimum atomic E-state index is 0.675. The summed E-state index contributed by atoms with van der Waals surface area (Å²) < 4.78 is 10.6. The summed E-state index contributed by atoms with van der Waals surface area (Å²) in [6.07, 6.45) is 0.879. The minimum absolute atomic E-state index is 0.675. The molecule has 0 aliphatic carbocycles. The number of para-hydroxylation sites is 1. The molecule has 0 unspecified atom stereocenters. The normalized spacial score (nSPS) is 10.5. The van der Waals surface area contributed by atoms with E-state index in [2.05, 4.69) is 0 Å². The summed E-state index contributed by atoms with van der Waals surface area (Å²) in [6, 6.07) is 7.86. The molecule has 0 fully saturated rings. The Hall–Kier alpha value is -1.02. The van der Waals surface area contributed by atoms with Gasteiger partial charge in [0.2, 0.25) is 0 Å². The maximum atomic E-state index is 5.46. The average molecular weight is 179 g/mol. The predicted octanol–water partition coefficient (Wildman–Crippen LogP) is 2.63. The van der Waals surface area contributed by atoms with Crippen LogP contribution in [0.1, 0.15) is 19.4 Å². The molecule has 0 aliphatic heterocycles. The monoisotopic (exact) mass is 179 g/mol. The van der Waals surface area contributed by atoms with Gasteiger partial charge in [0.15, 0.2) is 0 Å². The average Bonchev–Trinajstić information content (AvgIpc) is 2.18. The number of methoxy groups -OCH3 is 1. The van der Waals surface area contributed by atoms with E-state index in [-0.39, 0.29) is 0 Å². The highest BCUT2D eigenvalue weighted by atomic mass is 16.5. The Morgan fingerprint density at radius 2 is 2.00 bits per heavy atom. The van der Waals surface area contributed by atoms with Crippen molar-refractivity contribution in [2.45, 2.75) is 13.8 Å². The molecule has 0 aromatic heterocycles. The van der Waals surface area contributed by atoms with Crippen molar-refractivity contribution < 1.29 is 9.47 Å². The molecule has 13 heavy (non-hydrogen) atoms. The lowest BCUT2D eigenvalue weighted by Gasteiger charge is -2.13. The summed E-state index contributed by atoms with van der Waals surface area (Å²) in [5.41, 5.74) is 1.02. The molecule has 2 nitrogen and oxygen atoms in total. The number of hydrogen-bond donors (Lipinski definition) is 0. The fraction of sp³-hybridized carbons (Fsp3) is 0.364. The van der Waals surface area contributed by atoms with Gasteiger partial charge in [-0.1, -0.05) is 18.2 Å². The Morgan fingerprint density at radius 1 is 1.31 bits per heavy atom. The van der Waals surface area contributed by atoms with Gasteiger partial charge in [0.1, 0.15) is 11.9 Å². The van der Waals surface area contributed by atoms with E-state index >= 15 is 0 Å². The predicted molar refractivity (Wildman–Crippen MR) is 52.6 cm³/mol. The lowest BCUT2D eigenvalue weighted by atomic mass is 10.1. The Labute approximate surface area is 79.5 Å². The molecule has 1 rings (SSSR count). The highest BCUT2D eigenvalue weighted by molar-refractivity contribution is 5.40. The van der Waals surface area contributed by atoms with Gasteiger partial charge < -0.3 is 9.47 Å². The molecule has 1 aromatic carbocycles. The van der Waals surface area contributed by atoms with Gasteiger partial charge in [0.05, 0.1) is 6.61 Å². The van der Waals surface area contributed by atoms with Gasteiger partial charge in [-0.3, -0.25) is 0 Å². The summed E-state index contributed by atoms with van der Waals surface area (Å²) in [6.45, 7) is 4.57. The van der Waals surface area contributed by atoms with Crippen molar-refractivity contribution in [3.05, 3.63) is 35.9 Å². The molecule has 0 amide bonds. The molecular formula is C11H15O2. The molecule has 0 spiro atoms. The first-order valence-corrected chi connectivity index (χ1v) is 4.39. The zero-order chi connectivity index (χ0) is 9.68. The van der Waals surface area contributed by atoms with Crippen LogP contribution in [0.3, 0.4) is 0 Å². The van der Waals surface area contributed by atoms with Gasteiger partial charge in [-0.2, -0.15) is 0 Å². The van der Waals surface area contributed by atoms with Crippen LogP contribution >= 0.6 is 0 Å². The molecule has 0 aliphatic rings. The van der Waals surface area contributed by atoms with Crippen LogP contribution in [0.2, 0.25) is 0 Å². The quantitative estimate of drug-likeness (QED) is 0.707. The lowest BCUT2D eigenvalue weighted by molar-refractivity contribution is 0.230. The standard InChI is InChI=1S/C11H15O2/c1-4-13-11-8-6-5-7-10(11)9(2)12-3/h5-8H,4H2,1-3H3. The molecular weight excluding hydrogens is 164 g/mol. The maximum absolute atomic E-state index is 5.46. The smallest absolute Gasteiger partial charge is 0.126 e. The Balaban J connectivity index is 2.90. The van der Waals surface area contributed by atoms with Gasteiger partial charge in [0.25, 0.3) is 0 Å². The number of hydrogen-bond acceptors (Lipinski definition) is 2. The first-order valence-electron chi connectivity index (χ1n) is 4.39. The van der Waals surface area contributed by atoms with E-state index in [0.29, 0.717) is 6.61 Å². The molecule has 0 saturated carbocycles. The number of ether oxygens (including phenoxy) is 2. The second kappa shape index (κ2) is 4.87. The van der Waals surface area contributed by atoms with Crippen molar-refractivity contribution in [3.8, 4) is 5.75 Å². The molecule has 0 saturated heterocycles. The third kappa shape index (κ3) is 2.46. The second-order valence-electron chi connectivity index (χ2n) is 2.69. The Kier molecular flexibility index (Phi) is 3.77. The molecule has 0 heterocycles. The van der Waals surface area contributed by atoms with Crippen molar-refractivity contribution >= 4 is 0 Å². The third-order valence-corrected chi connectivity index (χ3v) is 1.87. The zero-order valence-corrected chi connectivity index (χ0v) is 8.33. The lowest BCUT2D eigenvalue weighted by Crippen LogP contribution is -2.02. The highest BCUT2D eigenvalue weighted by Crippen LogP contribution is 2.25. The van der Waals surface area contributed by atoms with E-state index in [1.807, 2.05) is 38.1 Å². The van der Waals surface area contributed by atoms with Crippen LogP contribution in [0, 0.1) is 6.10 Å². The van der Waals surface area contributed by atoms with Crippen molar-refractivity contribution in [1.29, 1.82) is 0 Å². The zero-order valence-electron chi connectivity index (χ0n) is 8.33. The van der Waals surface area contributed by atoms with Crippen LogP contribution in [-0.4, -0.2) is 13.7 Å². The van der Waals surface area contributed by atoms with E-state index in [0.717, 1.165) is 17.4 Å². The summed E-state index contributed by atoms with van der Waals surface area (Å²) in [7, 11) is 1.66. The fourth-order valence-corrected chi connectivity index (χ4v) is 1.15. The third-order valence-electron chi connectivity index (χ3n) is 1.87. The fourth-order valence-electron chi connectivity index (χ4n) is 1.15. The summed E-state index contributed by atoms with van der Waals surface area (Å²) >= 11 is 0. The largest absolute Gasteiger partial charge is 0.493 e. The topological polar surface area (TPSA) is 18.5 Å². The Bertz CT molecular complexity index is 258. The number of benzene rings is 1. The van der Waals surface area contributed by atoms with Crippen LogP contribution < -0.4 is 4.74 Å². The van der Waals surface area contributed by atoms with E-state index in [4.69, 9.17) is 9.47 Å². The van der Waals surface area contributed by atoms with Gasteiger partial charge in [-0.05, 0) is 19.9 Å². The number of rotatable bonds is 4. The van der Waals surface area contributed by atoms with Gasteiger partial charge in [-0.15, -0.1) is 0 Å². The second-order valence-corrected chi connectivity index (χ2v) is 2.69. The Morgan fingerprint density at radius 3 is 2.62 bits per heavy atom. The molecule has 0 bridgehead atoms.